The van der Waals surface area contributed by atoms with Crippen LogP contribution in [-0.4, -0.2) is 23.9 Å². The monoisotopic (exact) mass is 235 g/mol. The molecule has 0 spiro atoms. The first-order valence-electron chi connectivity index (χ1n) is 1.58. The molecule has 0 bridgehead atoms. The van der Waals surface area contributed by atoms with Crippen LogP contribution in [-0.2, 0) is 21.7 Å². The Labute approximate surface area is 76.9 Å². The van der Waals surface area contributed by atoms with Crippen LogP contribution in [0.25, 0.3) is 0 Å². The van der Waals surface area contributed by atoms with E-state index in [1.165, 1.54) is 6.08 Å². The van der Waals surface area contributed by atoms with Gasteiger partial charge in [0.05, 0.1) is 0 Å². The second-order valence-corrected chi connectivity index (χ2v) is 0.718. The van der Waals surface area contributed by atoms with Gasteiger partial charge in [0.15, 0.2) is 0 Å². The predicted octanol–water partition coefficient (Wildman–Crippen LogP) is 1.17. The van der Waals surface area contributed by atoms with Crippen molar-refractivity contribution >= 4 is 23.9 Å². The summed E-state index contributed by atoms with van der Waals surface area (Å²) >= 11 is 0. The minimum Gasteiger partial charge on any atom is -0.293 e. The average Bonchev–Trinajstić information content (AvgIpc) is 1.41. The Morgan fingerprint density at radius 3 is 1.86 bits per heavy atom. The van der Waals surface area contributed by atoms with Gasteiger partial charge < -0.3 is 0 Å². The Morgan fingerprint density at radius 2 is 1.86 bits per heavy atom. The van der Waals surface area contributed by atoms with Crippen LogP contribution in [0.3, 0.4) is 0 Å². The molecule has 0 aliphatic heterocycles. The van der Waals surface area contributed by atoms with Crippen molar-refractivity contribution in [3.05, 3.63) is 24.8 Å². The van der Waals surface area contributed by atoms with Gasteiger partial charge in [-0.3, -0.25) is 6.58 Å². The first-order valence-corrected chi connectivity index (χ1v) is 1.58. The molecule has 0 heterocycles. The molecule has 4 radical (unpaired) electrons. The summed E-state index contributed by atoms with van der Waals surface area (Å²) in [6.45, 7) is 6.85. The van der Waals surface area contributed by atoms with Crippen molar-refractivity contribution in [2.24, 2.45) is 0 Å². The van der Waals surface area contributed by atoms with Crippen molar-refractivity contribution in [1.29, 1.82) is 0 Å². The molecule has 0 aliphatic rings. The molecule has 0 amide bonds. The molecule has 0 N–H and O–H groups in total. The minimum absolute atomic E-state index is 0. The molecule has 0 rings (SSSR count). The molecule has 0 atom stereocenters. The van der Waals surface area contributed by atoms with Gasteiger partial charge >= 0.3 is 0 Å². The van der Waals surface area contributed by atoms with Crippen molar-refractivity contribution < 1.29 is 21.7 Å². The normalized spacial score (nSPS) is 6.43. The van der Waals surface area contributed by atoms with Crippen molar-refractivity contribution in [2.75, 3.05) is 0 Å². The van der Waals surface area contributed by atoms with E-state index in [4.69, 9.17) is 6.58 Å². The summed E-state index contributed by atoms with van der Waals surface area (Å²) in [6, 6.07) is 0. The molecule has 0 nitrogen and oxygen atoms in total. The molecule has 0 aromatic rings. The zero-order chi connectivity index (χ0) is 4.12. The van der Waals surface area contributed by atoms with Gasteiger partial charge in [-0.1, -0.05) is 6.92 Å². The molecular formula is C5H7SnTi-. The van der Waals surface area contributed by atoms with Gasteiger partial charge in [0, 0.05) is 45.6 Å². The molecule has 2 heteroatoms. The number of allylic oxidation sites excluding steroid dienone is 3. The molecule has 0 aromatic carbocycles. The van der Waals surface area contributed by atoms with Gasteiger partial charge in [-0.25, -0.2) is 12.2 Å². The molecule has 0 fully saturated rings. The quantitative estimate of drug-likeness (QED) is 0.362. The Balaban J connectivity index is -0.0000000800. The maximum absolute atomic E-state index is 4.93. The summed E-state index contributed by atoms with van der Waals surface area (Å²) in [4.78, 5) is 0. The smallest absolute Gasteiger partial charge is 0 e. The third kappa shape index (κ3) is 19.5. The molecular weight excluding hydrogens is 227 g/mol. The average molecular weight is 234 g/mol. The van der Waals surface area contributed by atoms with E-state index in [-0.39, 0.29) is 45.6 Å². The molecule has 0 saturated carbocycles. The van der Waals surface area contributed by atoms with Crippen LogP contribution in [0.1, 0.15) is 6.92 Å². The minimum atomic E-state index is 0. The Hall–Kier alpha value is 0.993. The summed E-state index contributed by atoms with van der Waals surface area (Å²) in [5.74, 6) is 0. The molecule has 0 aliphatic carbocycles. The number of rotatable bonds is 1. The summed E-state index contributed by atoms with van der Waals surface area (Å²) in [5, 5.41) is 0. The van der Waals surface area contributed by atoms with Gasteiger partial charge in [0.1, 0.15) is 0 Å². The van der Waals surface area contributed by atoms with Gasteiger partial charge in [0.25, 0.3) is 0 Å². The zero-order valence-electron chi connectivity index (χ0n) is 4.31. The van der Waals surface area contributed by atoms with E-state index in [0.29, 0.717) is 0 Å². The Kier molecular flexibility index (Phi) is 35.3. The summed E-state index contributed by atoms with van der Waals surface area (Å²) < 4.78 is 0. The first-order chi connectivity index (χ1) is 2.41. The molecule has 7 heavy (non-hydrogen) atoms. The summed E-state index contributed by atoms with van der Waals surface area (Å²) in [5.41, 5.74) is 0. The zero-order valence-corrected chi connectivity index (χ0v) is 8.73. The standard InChI is InChI=1S/C5H7.Sn.Ti/c1-3-5-4-2;;/h1,3-5H,2H3;;/q-1;;. The van der Waals surface area contributed by atoms with Crippen molar-refractivity contribution in [3.63, 3.8) is 0 Å². The number of hydrogen-bond acceptors (Lipinski definition) is 0. The van der Waals surface area contributed by atoms with E-state index in [1.807, 2.05) is 13.0 Å². The summed E-state index contributed by atoms with van der Waals surface area (Å²) in [7, 11) is 0. The second-order valence-electron chi connectivity index (χ2n) is 0.718. The van der Waals surface area contributed by atoms with Crippen LogP contribution < -0.4 is 0 Å². The van der Waals surface area contributed by atoms with Gasteiger partial charge in [-0.2, -0.15) is 6.08 Å². The van der Waals surface area contributed by atoms with Crippen LogP contribution in [0, 0.1) is 6.58 Å². The molecule has 36 valence electrons. The van der Waals surface area contributed by atoms with Crippen LogP contribution >= 0.6 is 0 Å². The van der Waals surface area contributed by atoms with E-state index < -0.39 is 0 Å². The molecule has 0 aromatic heterocycles. The van der Waals surface area contributed by atoms with Gasteiger partial charge in [-0.05, 0) is 0 Å². The fourth-order valence-corrected chi connectivity index (χ4v) is 0.111. The summed E-state index contributed by atoms with van der Waals surface area (Å²) in [6.07, 6.45) is 5.15. The van der Waals surface area contributed by atoms with E-state index in [9.17, 15) is 0 Å². The third-order valence-corrected chi connectivity index (χ3v) is 0.304. The molecule has 0 unspecified atom stereocenters. The Morgan fingerprint density at radius 1 is 1.43 bits per heavy atom. The van der Waals surface area contributed by atoms with E-state index >= 15 is 0 Å². The van der Waals surface area contributed by atoms with E-state index in [0.717, 1.165) is 0 Å². The SMILES string of the molecule is [CH-]=CC=CC.[Sn].[Ti]. The molecule has 0 saturated heterocycles. The van der Waals surface area contributed by atoms with Crippen LogP contribution in [0.2, 0.25) is 0 Å². The first kappa shape index (κ1) is 15.7. The largest absolute Gasteiger partial charge is 0.293 e. The topological polar surface area (TPSA) is 0 Å². The predicted molar refractivity (Wildman–Crippen MR) is 29.4 cm³/mol. The van der Waals surface area contributed by atoms with Crippen LogP contribution in [0.4, 0.5) is 0 Å². The van der Waals surface area contributed by atoms with E-state index in [1.54, 1.807) is 6.08 Å². The third-order valence-electron chi connectivity index (χ3n) is 0.304. The van der Waals surface area contributed by atoms with Crippen molar-refractivity contribution in [3.8, 4) is 0 Å². The number of hydrogen-bond donors (Lipinski definition) is 0. The van der Waals surface area contributed by atoms with Crippen molar-refractivity contribution in [2.45, 2.75) is 6.92 Å². The Bertz CT molecular complexity index is 50.0. The second kappa shape index (κ2) is 15.8. The maximum atomic E-state index is 4.93. The van der Waals surface area contributed by atoms with Crippen LogP contribution in [0.15, 0.2) is 18.2 Å². The van der Waals surface area contributed by atoms with Crippen LogP contribution in [0.5, 0.6) is 0 Å². The fraction of sp³-hybridized carbons (Fsp3) is 0.200. The van der Waals surface area contributed by atoms with Crippen molar-refractivity contribution in [1.82, 2.24) is 0 Å². The fourth-order valence-electron chi connectivity index (χ4n) is 0.111. The van der Waals surface area contributed by atoms with E-state index in [2.05, 4.69) is 0 Å². The maximum Gasteiger partial charge on any atom is 0 e. The van der Waals surface area contributed by atoms with Gasteiger partial charge in [0.2, 0.25) is 0 Å². The van der Waals surface area contributed by atoms with Gasteiger partial charge in [-0.15, -0.1) is 0 Å².